The lowest BCUT2D eigenvalue weighted by molar-refractivity contribution is 0.102. The molecular weight excluding hydrogens is 392 g/mol. The molecule has 0 aliphatic carbocycles. The van der Waals surface area contributed by atoms with Crippen LogP contribution in [0.15, 0.2) is 71.1 Å². The van der Waals surface area contributed by atoms with Gasteiger partial charge in [-0.1, -0.05) is 25.5 Å². The van der Waals surface area contributed by atoms with Gasteiger partial charge >= 0.3 is 0 Å². The first-order valence-electron chi connectivity index (χ1n) is 10.3. The van der Waals surface area contributed by atoms with Crippen molar-refractivity contribution in [1.29, 1.82) is 0 Å². The quantitative estimate of drug-likeness (QED) is 0.360. The van der Waals surface area contributed by atoms with Crippen LogP contribution in [0.4, 0.5) is 5.69 Å². The van der Waals surface area contributed by atoms with Gasteiger partial charge in [-0.3, -0.25) is 4.79 Å². The van der Waals surface area contributed by atoms with Crippen molar-refractivity contribution in [3.63, 3.8) is 0 Å². The molecule has 0 unspecified atom stereocenters. The third kappa shape index (κ3) is 4.86. The smallest absolute Gasteiger partial charge is 0.255 e. The van der Waals surface area contributed by atoms with Gasteiger partial charge in [-0.25, -0.2) is 4.98 Å². The third-order valence-electron chi connectivity index (χ3n) is 4.82. The number of methoxy groups -OCH3 is 1. The number of oxazole rings is 1. The van der Waals surface area contributed by atoms with Crippen molar-refractivity contribution in [2.24, 2.45) is 0 Å². The molecule has 0 bridgehead atoms. The van der Waals surface area contributed by atoms with Gasteiger partial charge in [0.25, 0.3) is 5.91 Å². The molecule has 0 aliphatic rings. The molecule has 6 nitrogen and oxygen atoms in total. The second-order valence-corrected chi connectivity index (χ2v) is 7.12. The van der Waals surface area contributed by atoms with Crippen molar-refractivity contribution in [2.45, 2.75) is 19.8 Å². The van der Waals surface area contributed by atoms with E-state index in [0.29, 0.717) is 40.6 Å². The van der Waals surface area contributed by atoms with E-state index in [2.05, 4.69) is 17.2 Å². The van der Waals surface area contributed by atoms with E-state index in [4.69, 9.17) is 13.9 Å². The van der Waals surface area contributed by atoms with Gasteiger partial charge in [0.05, 0.1) is 13.7 Å². The predicted octanol–water partition coefficient (Wildman–Crippen LogP) is 5.93. The fourth-order valence-corrected chi connectivity index (χ4v) is 3.15. The normalized spacial score (nSPS) is 10.8. The molecule has 0 aliphatic heterocycles. The van der Waals surface area contributed by atoms with Crippen LogP contribution in [0, 0.1) is 0 Å². The van der Waals surface area contributed by atoms with Gasteiger partial charge < -0.3 is 19.2 Å². The van der Waals surface area contributed by atoms with Crippen molar-refractivity contribution >= 4 is 22.7 Å². The summed E-state index contributed by atoms with van der Waals surface area (Å²) in [5, 5.41) is 2.92. The standard InChI is InChI=1S/C25H24N2O4/c1-3-4-13-30-21-10-5-7-17(14-21)24(28)26-19-11-12-23-22(16-19)27-25(31-23)18-8-6-9-20(15-18)29-2/h5-12,14-16H,3-4,13H2,1-2H3,(H,26,28). The molecule has 0 atom stereocenters. The molecule has 4 aromatic rings. The summed E-state index contributed by atoms with van der Waals surface area (Å²) in [4.78, 5) is 17.3. The van der Waals surface area contributed by atoms with Crippen LogP contribution in [-0.2, 0) is 0 Å². The zero-order valence-corrected chi connectivity index (χ0v) is 17.6. The van der Waals surface area contributed by atoms with E-state index in [0.717, 1.165) is 24.2 Å². The van der Waals surface area contributed by atoms with Gasteiger partial charge in [0.1, 0.15) is 17.0 Å². The number of fused-ring (bicyclic) bond motifs is 1. The molecule has 158 valence electrons. The second-order valence-electron chi connectivity index (χ2n) is 7.12. The molecule has 1 N–H and O–H groups in total. The number of unbranched alkanes of at least 4 members (excludes halogenated alkanes) is 1. The molecule has 0 fully saturated rings. The van der Waals surface area contributed by atoms with Crippen LogP contribution in [0.5, 0.6) is 11.5 Å². The lowest BCUT2D eigenvalue weighted by Crippen LogP contribution is -2.12. The van der Waals surface area contributed by atoms with Gasteiger partial charge in [0.2, 0.25) is 5.89 Å². The van der Waals surface area contributed by atoms with Crippen LogP contribution in [0.1, 0.15) is 30.1 Å². The summed E-state index contributed by atoms with van der Waals surface area (Å²) < 4.78 is 16.8. The number of rotatable bonds is 8. The minimum absolute atomic E-state index is 0.211. The SMILES string of the molecule is CCCCOc1cccc(C(=O)Nc2ccc3oc(-c4cccc(OC)c4)nc3c2)c1. The lowest BCUT2D eigenvalue weighted by atomic mass is 10.2. The average molecular weight is 416 g/mol. The summed E-state index contributed by atoms with van der Waals surface area (Å²) in [6, 6.07) is 20.1. The van der Waals surface area contributed by atoms with E-state index in [1.807, 2.05) is 36.4 Å². The number of carbonyl (C=O) groups is 1. The van der Waals surface area contributed by atoms with Gasteiger partial charge in [-0.15, -0.1) is 0 Å². The highest BCUT2D eigenvalue weighted by atomic mass is 16.5. The summed E-state index contributed by atoms with van der Waals surface area (Å²) in [6.45, 7) is 2.75. The first kappa shape index (κ1) is 20.5. The Balaban J connectivity index is 1.51. The molecule has 3 aromatic carbocycles. The molecule has 31 heavy (non-hydrogen) atoms. The van der Waals surface area contributed by atoms with Gasteiger partial charge in [-0.05, 0) is 61.0 Å². The predicted molar refractivity (Wildman–Crippen MR) is 121 cm³/mol. The maximum Gasteiger partial charge on any atom is 0.255 e. The fraction of sp³-hybridized carbons (Fsp3) is 0.200. The van der Waals surface area contributed by atoms with Gasteiger partial charge in [-0.2, -0.15) is 0 Å². The van der Waals surface area contributed by atoms with Crippen molar-refractivity contribution in [3.8, 4) is 23.0 Å². The van der Waals surface area contributed by atoms with E-state index in [1.54, 1.807) is 37.4 Å². The van der Waals surface area contributed by atoms with Crippen LogP contribution in [-0.4, -0.2) is 24.6 Å². The summed E-state index contributed by atoms with van der Waals surface area (Å²) in [7, 11) is 1.62. The number of ether oxygens (including phenoxy) is 2. The largest absolute Gasteiger partial charge is 0.497 e. The van der Waals surface area contributed by atoms with E-state index >= 15 is 0 Å². The number of nitrogens with one attached hydrogen (secondary N) is 1. The van der Waals surface area contributed by atoms with Crippen molar-refractivity contribution < 1.29 is 18.7 Å². The van der Waals surface area contributed by atoms with Crippen LogP contribution >= 0.6 is 0 Å². The highest BCUT2D eigenvalue weighted by Crippen LogP contribution is 2.28. The molecule has 4 rings (SSSR count). The Labute approximate surface area is 180 Å². The number of anilines is 1. The topological polar surface area (TPSA) is 73.6 Å². The second kappa shape index (κ2) is 9.34. The Kier molecular flexibility index (Phi) is 6.17. The molecule has 0 spiro atoms. The first-order valence-corrected chi connectivity index (χ1v) is 10.3. The molecular formula is C25H24N2O4. The maximum absolute atomic E-state index is 12.7. The monoisotopic (exact) mass is 416 g/mol. The number of aromatic nitrogens is 1. The Hall–Kier alpha value is -3.80. The molecule has 0 saturated heterocycles. The maximum atomic E-state index is 12.7. The fourth-order valence-electron chi connectivity index (χ4n) is 3.15. The highest BCUT2D eigenvalue weighted by Gasteiger charge is 2.12. The van der Waals surface area contributed by atoms with E-state index < -0.39 is 0 Å². The summed E-state index contributed by atoms with van der Waals surface area (Å²) in [6.07, 6.45) is 2.04. The number of carbonyl (C=O) groups excluding carboxylic acids is 1. The van der Waals surface area contributed by atoms with Gasteiger partial charge in [0.15, 0.2) is 5.58 Å². The van der Waals surface area contributed by atoms with E-state index in [9.17, 15) is 4.79 Å². The molecule has 1 aromatic heterocycles. The van der Waals surface area contributed by atoms with Crippen LogP contribution < -0.4 is 14.8 Å². The molecule has 1 heterocycles. The Morgan fingerprint density at radius 2 is 1.87 bits per heavy atom. The summed E-state index contributed by atoms with van der Waals surface area (Å²) in [5.41, 5.74) is 3.29. The first-order chi connectivity index (χ1) is 15.2. The molecule has 1 amide bonds. The minimum Gasteiger partial charge on any atom is -0.497 e. The van der Waals surface area contributed by atoms with E-state index in [1.165, 1.54) is 0 Å². The number of benzene rings is 3. The molecule has 0 saturated carbocycles. The Bertz CT molecular complexity index is 1200. The average Bonchev–Trinajstić information content (AvgIpc) is 3.23. The Morgan fingerprint density at radius 1 is 1.03 bits per heavy atom. The van der Waals surface area contributed by atoms with Crippen molar-refractivity contribution in [1.82, 2.24) is 4.98 Å². The van der Waals surface area contributed by atoms with Crippen LogP contribution in [0.25, 0.3) is 22.6 Å². The zero-order chi connectivity index (χ0) is 21.6. The number of amides is 1. The number of hydrogen-bond acceptors (Lipinski definition) is 5. The van der Waals surface area contributed by atoms with Crippen LogP contribution in [0.3, 0.4) is 0 Å². The lowest BCUT2D eigenvalue weighted by Gasteiger charge is -2.08. The zero-order valence-electron chi connectivity index (χ0n) is 17.6. The van der Waals surface area contributed by atoms with Crippen molar-refractivity contribution in [3.05, 3.63) is 72.3 Å². The number of hydrogen-bond donors (Lipinski definition) is 1. The van der Waals surface area contributed by atoms with Crippen LogP contribution in [0.2, 0.25) is 0 Å². The van der Waals surface area contributed by atoms with E-state index in [-0.39, 0.29) is 5.91 Å². The molecule has 6 heteroatoms. The summed E-state index contributed by atoms with van der Waals surface area (Å²) >= 11 is 0. The third-order valence-corrected chi connectivity index (χ3v) is 4.82. The molecule has 0 radical (unpaired) electrons. The minimum atomic E-state index is -0.211. The number of nitrogens with zero attached hydrogens (tertiary/aromatic N) is 1. The highest BCUT2D eigenvalue weighted by molar-refractivity contribution is 6.05. The Morgan fingerprint density at radius 3 is 2.71 bits per heavy atom. The summed E-state index contributed by atoms with van der Waals surface area (Å²) in [5.74, 6) is 1.70. The van der Waals surface area contributed by atoms with Crippen molar-refractivity contribution in [2.75, 3.05) is 19.0 Å². The van der Waals surface area contributed by atoms with Gasteiger partial charge in [0, 0.05) is 16.8 Å².